The first-order chi connectivity index (χ1) is 8.74. The van der Waals surface area contributed by atoms with Crippen molar-refractivity contribution in [3.05, 3.63) is 47.5 Å². The maximum atomic E-state index is 12.0. The molecule has 0 saturated heterocycles. The highest BCUT2D eigenvalue weighted by Gasteiger charge is 2.11. The quantitative estimate of drug-likeness (QED) is 0.618. The molecule has 0 aliphatic heterocycles. The summed E-state index contributed by atoms with van der Waals surface area (Å²) in [4.78, 5) is 15.0. The molecular weight excluding hydrogens is 248 g/mol. The first kappa shape index (κ1) is 10.9. The summed E-state index contributed by atoms with van der Waals surface area (Å²) < 4.78 is 1.04. The number of fused-ring (bicyclic) bond motifs is 1. The van der Waals surface area contributed by atoms with E-state index in [1.165, 1.54) is 6.07 Å². The van der Waals surface area contributed by atoms with Gasteiger partial charge >= 0.3 is 0 Å². The molecule has 0 fully saturated rings. The Morgan fingerprint density at radius 1 is 1.28 bits per heavy atom. The molecule has 0 bridgehead atoms. The van der Waals surface area contributed by atoms with Gasteiger partial charge in [-0.1, -0.05) is 12.1 Å². The van der Waals surface area contributed by atoms with E-state index in [0.29, 0.717) is 11.4 Å². The van der Waals surface area contributed by atoms with Crippen molar-refractivity contribution in [1.29, 1.82) is 0 Å². The van der Waals surface area contributed by atoms with Crippen molar-refractivity contribution in [2.75, 3.05) is 5.32 Å². The van der Waals surface area contributed by atoms with Crippen molar-refractivity contribution < 1.29 is 9.90 Å². The molecule has 2 heterocycles. The van der Waals surface area contributed by atoms with Crippen LogP contribution in [-0.2, 0) is 0 Å². The van der Waals surface area contributed by atoms with Crippen LogP contribution in [0.1, 0.15) is 10.5 Å². The summed E-state index contributed by atoms with van der Waals surface area (Å²) in [6, 6.07) is 10.4. The Morgan fingerprint density at radius 3 is 2.89 bits per heavy atom. The van der Waals surface area contributed by atoms with Crippen molar-refractivity contribution in [2.45, 2.75) is 0 Å². The summed E-state index contributed by atoms with van der Waals surface area (Å²) in [7, 11) is 0. The predicted molar refractivity (Wildman–Crippen MR) is 72.2 cm³/mol. The van der Waals surface area contributed by atoms with Gasteiger partial charge in [0, 0.05) is 0 Å². The van der Waals surface area contributed by atoms with Crippen molar-refractivity contribution in [2.24, 2.45) is 0 Å². The summed E-state index contributed by atoms with van der Waals surface area (Å²) >= 11 is 1.57. The lowest BCUT2D eigenvalue weighted by molar-refractivity contribution is 0.102. The molecule has 2 aromatic heterocycles. The van der Waals surface area contributed by atoms with E-state index in [9.17, 15) is 9.90 Å². The van der Waals surface area contributed by atoms with E-state index < -0.39 is 0 Å². The number of thiophene rings is 1. The van der Waals surface area contributed by atoms with Crippen LogP contribution in [0.15, 0.2) is 41.8 Å². The van der Waals surface area contributed by atoms with E-state index in [1.807, 2.05) is 11.4 Å². The van der Waals surface area contributed by atoms with Gasteiger partial charge in [-0.05, 0) is 29.6 Å². The minimum absolute atomic E-state index is 0.0548. The van der Waals surface area contributed by atoms with E-state index in [0.717, 1.165) is 10.2 Å². The first-order valence-electron chi connectivity index (χ1n) is 5.39. The molecule has 1 amide bonds. The predicted octanol–water partition coefficient (Wildman–Crippen LogP) is 3.19. The van der Waals surface area contributed by atoms with Gasteiger partial charge in [-0.15, -0.1) is 11.3 Å². The molecule has 1 aromatic carbocycles. The number of aromatic nitrogens is 1. The molecule has 0 aliphatic rings. The van der Waals surface area contributed by atoms with Crippen LogP contribution in [0.25, 0.3) is 10.2 Å². The number of rotatable bonds is 2. The standard InChI is InChI=1S/C13H10N2O2S/c16-11-4-2-1-3-8(11)15-13(17)10-7-12-9(14-10)5-6-18-12/h1-7,14,16H,(H,15,17). The zero-order chi connectivity index (χ0) is 12.5. The number of hydrogen-bond acceptors (Lipinski definition) is 3. The third kappa shape index (κ3) is 1.84. The lowest BCUT2D eigenvalue weighted by Gasteiger charge is -2.05. The molecule has 0 aliphatic carbocycles. The highest BCUT2D eigenvalue weighted by atomic mass is 32.1. The van der Waals surface area contributed by atoms with Crippen LogP contribution in [0.4, 0.5) is 5.69 Å². The largest absolute Gasteiger partial charge is 0.506 e. The van der Waals surface area contributed by atoms with Crippen molar-refractivity contribution in [3.63, 3.8) is 0 Å². The molecule has 90 valence electrons. The van der Waals surface area contributed by atoms with E-state index in [-0.39, 0.29) is 11.7 Å². The van der Waals surface area contributed by atoms with Gasteiger partial charge < -0.3 is 15.4 Å². The van der Waals surface area contributed by atoms with Crippen LogP contribution < -0.4 is 5.32 Å². The maximum absolute atomic E-state index is 12.0. The topological polar surface area (TPSA) is 65.1 Å². The van der Waals surface area contributed by atoms with Crippen LogP contribution in [-0.4, -0.2) is 16.0 Å². The number of carbonyl (C=O) groups is 1. The van der Waals surface area contributed by atoms with E-state index in [2.05, 4.69) is 10.3 Å². The van der Waals surface area contributed by atoms with Crippen LogP contribution in [0.3, 0.4) is 0 Å². The molecule has 0 unspecified atom stereocenters. The number of nitrogens with one attached hydrogen (secondary N) is 2. The van der Waals surface area contributed by atoms with E-state index in [4.69, 9.17) is 0 Å². The Hall–Kier alpha value is -2.27. The third-order valence-corrected chi connectivity index (χ3v) is 3.50. The van der Waals surface area contributed by atoms with Gasteiger partial charge in [0.25, 0.3) is 5.91 Å². The van der Waals surface area contributed by atoms with Gasteiger partial charge in [0.15, 0.2) is 0 Å². The summed E-state index contributed by atoms with van der Waals surface area (Å²) in [5.74, 6) is -0.209. The van der Waals surface area contributed by atoms with Crippen LogP contribution >= 0.6 is 11.3 Å². The number of phenols is 1. The van der Waals surface area contributed by atoms with Crippen LogP contribution in [0, 0.1) is 0 Å². The number of phenolic OH excluding ortho intramolecular Hbond substituents is 1. The number of para-hydroxylation sites is 2. The fourth-order valence-electron chi connectivity index (χ4n) is 1.74. The molecule has 5 heteroatoms. The smallest absolute Gasteiger partial charge is 0.272 e. The number of anilines is 1. The van der Waals surface area contributed by atoms with Crippen molar-refractivity contribution in [1.82, 2.24) is 4.98 Å². The lowest BCUT2D eigenvalue weighted by Crippen LogP contribution is -2.12. The summed E-state index contributed by atoms with van der Waals surface area (Å²) in [6.07, 6.45) is 0. The average molecular weight is 258 g/mol. The lowest BCUT2D eigenvalue weighted by atomic mass is 10.3. The van der Waals surface area contributed by atoms with Gasteiger partial charge in [0.2, 0.25) is 0 Å². The number of H-pyrrole nitrogens is 1. The van der Waals surface area contributed by atoms with Gasteiger partial charge in [-0.2, -0.15) is 0 Å². The SMILES string of the molecule is O=C(Nc1ccccc1O)c1cc2sccc2[nH]1. The maximum Gasteiger partial charge on any atom is 0.272 e. The van der Waals surface area contributed by atoms with Gasteiger partial charge in [0.05, 0.1) is 15.9 Å². The zero-order valence-electron chi connectivity index (χ0n) is 9.31. The van der Waals surface area contributed by atoms with Gasteiger partial charge in [0.1, 0.15) is 11.4 Å². The molecule has 0 radical (unpaired) electrons. The molecular formula is C13H10N2O2S. The average Bonchev–Trinajstić information content (AvgIpc) is 2.92. The number of aromatic hydroxyl groups is 1. The first-order valence-corrected chi connectivity index (χ1v) is 6.27. The second-order valence-corrected chi connectivity index (χ2v) is 4.80. The van der Waals surface area contributed by atoms with Crippen LogP contribution in [0.2, 0.25) is 0 Å². The Balaban J connectivity index is 1.87. The normalized spacial score (nSPS) is 10.7. The third-order valence-electron chi connectivity index (χ3n) is 2.64. The molecule has 0 spiro atoms. The summed E-state index contributed by atoms with van der Waals surface area (Å²) in [6.45, 7) is 0. The number of carbonyl (C=O) groups excluding carboxylic acids is 1. The van der Waals surface area contributed by atoms with Gasteiger partial charge in [-0.25, -0.2) is 0 Å². The minimum atomic E-state index is -0.264. The summed E-state index contributed by atoms with van der Waals surface area (Å²) in [5.41, 5.74) is 1.84. The molecule has 18 heavy (non-hydrogen) atoms. The fourth-order valence-corrected chi connectivity index (χ4v) is 2.52. The Bertz CT molecular complexity index is 686. The highest BCUT2D eigenvalue weighted by molar-refractivity contribution is 7.17. The molecule has 0 saturated carbocycles. The molecule has 4 nitrogen and oxygen atoms in total. The highest BCUT2D eigenvalue weighted by Crippen LogP contribution is 2.24. The Morgan fingerprint density at radius 2 is 2.11 bits per heavy atom. The summed E-state index contributed by atoms with van der Waals surface area (Å²) in [5, 5.41) is 14.2. The molecule has 0 atom stereocenters. The second-order valence-electron chi connectivity index (χ2n) is 3.85. The van der Waals surface area contributed by atoms with Crippen LogP contribution in [0.5, 0.6) is 5.75 Å². The van der Waals surface area contributed by atoms with E-state index in [1.54, 1.807) is 35.6 Å². The molecule has 3 N–H and O–H groups in total. The monoisotopic (exact) mass is 258 g/mol. The van der Waals surface area contributed by atoms with E-state index >= 15 is 0 Å². The number of amides is 1. The number of hydrogen-bond donors (Lipinski definition) is 3. The Labute approximate surface area is 107 Å². The second kappa shape index (κ2) is 4.19. The van der Waals surface area contributed by atoms with Gasteiger partial charge in [-0.3, -0.25) is 4.79 Å². The number of benzene rings is 1. The molecule has 3 rings (SSSR count). The number of aromatic amines is 1. The minimum Gasteiger partial charge on any atom is -0.506 e. The zero-order valence-corrected chi connectivity index (χ0v) is 10.1. The van der Waals surface area contributed by atoms with Crippen molar-refractivity contribution >= 4 is 33.1 Å². The van der Waals surface area contributed by atoms with Crippen molar-refractivity contribution in [3.8, 4) is 5.75 Å². The molecule has 3 aromatic rings. The fraction of sp³-hybridized carbons (Fsp3) is 0. The Kier molecular flexibility index (Phi) is 2.53.